The van der Waals surface area contributed by atoms with Gasteiger partial charge in [0, 0.05) is 35.3 Å². The van der Waals surface area contributed by atoms with Gasteiger partial charge in [0.2, 0.25) is 0 Å². The van der Waals surface area contributed by atoms with Crippen molar-refractivity contribution in [1.82, 2.24) is 9.88 Å². The van der Waals surface area contributed by atoms with Gasteiger partial charge in [0.25, 0.3) is 10.0 Å². The fourth-order valence-electron chi connectivity index (χ4n) is 4.72. The summed E-state index contributed by atoms with van der Waals surface area (Å²) in [4.78, 5) is 5.51. The Hall–Kier alpha value is -2.67. The average molecular weight is 601 g/mol. The standard InChI is InChI=1S/C26H31ClF2N4O4S2/c1-32(2)23-11-17(28)6-8-21(23)31-22-14-20(29)25(13-19(22)27)39(34,35)33(26-30-9-10-38-26)15-16-5-7-18(36-3)12-24(16)37-4/h5,7,9-10,12-14,17,21,23,31H,6,8,11,15H2,1-4H3/t17-,21-,23-/m0/s1. The highest BCUT2D eigenvalue weighted by Gasteiger charge is 2.34. The number of hydrogen-bond acceptors (Lipinski definition) is 8. The van der Waals surface area contributed by atoms with Gasteiger partial charge in [-0.1, -0.05) is 11.6 Å². The van der Waals surface area contributed by atoms with Crippen LogP contribution in [0.5, 0.6) is 11.5 Å². The molecule has 3 aromatic rings. The number of benzene rings is 2. The lowest BCUT2D eigenvalue weighted by atomic mass is 9.88. The number of sulfonamides is 1. The molecule has 0 bridgehead atoms. The molecule has 1 aliphatic carbocycles. The van der Waals surface area contributed by atoms with Crippen LogP contribution < -0.4 is 19.1 Å². The molecule has 4 rings (SSSR count). The number of methoxy groups -OCH3 is 2. The van der Waals surface area contributed by atoms with Gasteiger partial charge in [-0.05, 0) is 57.6 Å². The minimum Gasteiger partial charge on any atom is -0.497 e. The average Bonchev–Trinajstić information content (AvgIpc) is 3.44. The van der Waals surface area contributed by atoms with Crippen molar-refractivity contribution in [2.75, 3.05) is 37.9 Å². The van der Waals surface area contributed by atoms with Crippen LogP contribution in [0.4, 0.5) is 19.6 Å². The van der Waals surface area contributed by atoms with E-state index in [2.05, 4.69) is 10.3 Å². The molecule has 3 atom stereocenters. The molecule has 0 radical (unpaired) electrons. The van der Waals surface area contributed by atoms with Gasteiger partial charge >= 0.3 is 0 Å². The second-order valence-electron chi connectivity index (χ2n) is 9.46. The van der Waals surface area contributed by atoms with E-state index >= 15 is 4.39 Å². The number of alkyl halides is 1. The highest BCUT2D eigenvalue weighted by Crippen LogP contribution is 2.36. The molecular formula is C26H31ClF2N4O4S2. The Labute approximate surface area is 236 Å². The molecule has 13 heteroatoms. The van der Waals surface area contributed by atoms with Crippen molar-refractivity contribution in [1.29, 1.82) is 0 Å². The lowest BCUT2D eigenvalue weighted by Crippen LogP contribution is -2.48. The molecule has 2 aromatic carbocycles. The summed E-state index contributed by atoms with van der Waals surface area (Å²) in [5.74, 6) is -0.0231. The largest absolute Gasteiger partial charge is 0.497 e. The summed E-state index contributed by atoms with van der Waals surface area (Å²) in [5.41, 5.74) is 0.778. The monoisotopic (exact) mass is 600 g/mol. The van der Waals surface area contributed by atoms with E-state index in [1.807, 2.05) is 19.0 Å². The van der Waals surface area contributed by atoms with Gasteiger partial charge < -0.3 is 19.7 Å². The summed E-state index contributed by atoms with van der Waals surface area (Å²) in [7, 11) is 2.25. The number of nitrogens with zero attached hydrogens (tertiary/aromatic N) is 3. The van der Waals surface area contributed by atoms with Crippen molar-refractivity contribution < 1.29 is 26.7 Å². The van der Waals surface area contributed by atoms with E-state index < -0.39 is 26.9 Å². The number of anilines is 2. The third-order valence-electron chi connectivity index (χ3n) is 6.79. The highest BCUT2D eigenvalue weighted by molar-refractivity contribution is 7.93. The van der Waals surface area contributed by atoms with Crippen molar-refractivity contribution in [3.63, 3.8) is 0 Å². The van der Waals surface area contributed by atoms with Gasteiger partial charge in [-0.3, -0.25) is 0 Å². The third kappa shape index (κ3) is 6.40. The normalized spacial score (nSPS) is 19.6. The Kier molecular flexibility index (Phi) is 9.20. The number of hydrogen-bond donors (Lipinski definition) is 1. The number of rotatable bonds is 10. The van der Waals surface area contributed by atoms with Crippen molar-refractivity contribution in [3.8, 4) is 11.5 Å². The lowest BCUT2D eigenvalue weighted by molar-refractivity contribution is 0.139. The van der Waals surface area contributed by atoms with E-state index in [1.165, 1.54) is 20.4 Å². The second kappa shape index (κ2) is 12.2. The van der Waals surface area contributed by atoms with Crippen LogP contribution in [0.15, 0.2) is 46.8 Å². The van der Waals surface area contributed by atoms with Crippen LogP contribution in [-0.4, -0.2) is 64.9 Å². The fourth-order valence-corrected chi connectivity index (χ4v) is 7.35. The van der Waals surface area contributed by atoms with Gasteiger partial charge in [0.05, 0.1) is 31.5 Å². The smallest absolute Gasteiger partial charge is 0.269 e. The van der Waals surface area contributed by atoms with Crippen molar-refractivity contribution in [2.45, 2.75) is 49.0 Å². The SMILES string of the molecule is COc1ccc(CN(c2nccs2)S(=O)(=O)c2cc(Cl)c(N[C@H]3CC[C@H](F)C[C@@H]3N(C)C)cc2F)c(OC)c1. The maximum absolute atomic E-state index is 15.5. The maximum atomic E-state index is 15.5. The van der Waals surface area contributed by atoms with Gasteiger partial charge in [-0.25, -0.2) is 26.5 Å². The Balaban J connectivity index is 1.68. The van der Waals surface area contributed by atoms with Gasteiger partial charge in [-0.2, -0.15) is 0 Å². The Morgan fingerprint density at radius 3 is 2.59 bits per heavy atom. The minimum atomic E-state index is -4.45. The molecule has 1 saturated carbocycles. The van der Waals surface area contributed by atoms with Crippen LogP contribution in [-0.2, 0) is 16.6 Å². The van der Waals surface area contributed by atoms with E-state index in [0.29, 0.717) is 36.3 Å². The van der Waals surface area contributed by atoms with Crippen LogP contribution in [0.3, 0.4) is 0 Å². The zero-order valence-corrected chi connectivity index (χ0v) is 24.4. The molecule has 1 aliphatic rings. The molecule has 0 spiro atoms. The first-order chi connectivity index (χ1) is 18.5. The summed E-state index contributed by atoms with van der Waals surface area (Å²) < 4.78 is 69.0. The predicted molar refractivity (Wildman–Crippen MR) is 150 cm³/mol. The molecule has 0 amide bonds. The van der Waals surface area contributed by atoms with Crippen LogP contribution in [0.1, 0.15) is 24.8 Å². The summed E-state index contributed by atoms with van der Waals surface area (Å²) in [6, 6.07) is 6.87. The summed E-state index contributed by atoms with van der Waals surface area (Å²) in [5, 5.41) is 5.04. The first-order valence-corrected chi connectivity index (χ1v) is 14.9. The number of nitrogens with one attached hydrogen (secondary N) is 1. The van der Waals surface area contributed by atoms with Crippen LogP contribution in [0, 0.1) is 5.82 Å². The third-order valence-corrected chi connectivity index (χ3v) is 9.76. The highest BCUT2D eigenvalue weighted by atomic mass is 35.5. The summed E-state index contributed by atoms with van der Waals surface area (Å²) in [6.07, 6.45) is 1.82. The van der Waals surface area contributed by atoms with E-state index in [-0.39, 0.29) is 34.5 Å². The molecule has 0 aliphatic heterocycles. The summed E-state index contributed by atoms with van der Waals surface area (Å²) in [6.45, 7) is -0.170. The van der Waals surface area contributed by atoms with Crippen molar-refractivity contribution in [2.24, 2.45) is 0 Å². The topological polar surface area (TPSA) is 84.0 Å². The van der Waals surface area contributed by atoms with E-state index in [9.17, 15) is 12.8 Å². The zero-order chi connectivity index (χ0) is 28.3. The Bertz CT molecular complexity index is 1390. The second-order valence-corrected chi connectivity index (χ2v) is 12.6. The zero-order valence-electron chi connectivity index (χ0n) is 22.0. The molecule has 1 fully saturated rings. The fraction of sp³-hybridized carbons (Fsp3) is 0.423. The van der Waals surface area contributed by atoms with Crippen molar-refractivity contribution >= 4 is 43.8 Å². The molecule has 1 N–H and O–H groups in total. The molecular weight excluding hydrogens is 570 g/mol. The Morgan fingerprint density at radius 2 is 1.95 bits per heavy atom. The van der Waals surface area contributed by atoms with Crippen LogP contribution in [0.25, 0.3) is 0 Å². The van der Waals surface area contributed by atoms with Crippen LogP contribution in [0.2, 0.25) is 5.02 Å². The maximum Gasteiger partial charge on any atom is 0.269 e. The molecule has 1 aromatic heterocycles. The number of thiazole rings is 1. The molecule has 0 unspecified atom stereocenters. The summed E-state index contributed by atoms with van der Waals surface area (Å²) >= 11 is 7.61. The van der Waals surface area contributed by atoms with E-state index in [1.54, 1.807) is 23.6 Å². The van der Waals surface area contributed by atoms with Gasteiger partial charge in [0.15, 0.2) is 5.13 Å². The van der Waals surface area contributed by atoms with Crippen LogP contribution >= 0.6 is 22.9 Å². The lowest BCUT2D eigenvalue weighted by Gasteiger charge is -2.38. The molecule has 1 heterocycles. The molecule has 0 saturated heterocycles. The molecule has 39 heavy (non-hydrogen) atoms. The number of likely N-dealkylation sites (N-methyl/N-ethyl adjacent to an activating group) is 1. The first kappa shape index (κ1) is 29.3. The molecule has 212 valence electrons. The minimum absolute atomic E-state index is 0.0379. The van der Waals surface area contributed by atoms with Gasteiger partial charge in [-0.15, -0.1) is 11.3 Å². The predicted octanol–water partition coefficient (Wildman–Crippen LogP) is 5.58. The van der Waals surface area contributed by atoms with Gasteiger partial charge in [0.1, 0.15) is 28.4 Å². The Morgan fingerprint density at radius 1 is 1.18 bits per heavy atom. The number of aromatic nitrogens is 1. The number of ether oxygens (including phenoxy) is 2. The first-order valence-electron chi connectivity index (χ1n) is 12.2. The molecule has 8 nitrogen and oxygen atoms in total. The quantitative estimate of drug-likeness (QED) is 0.325. The van der Waals surface area contributed by atoms with E-state index in [0.717, 1.165) is 27.8 Å². The van der Waals surface area contributed by atoms with E-state index in [4.69, 9.17) is 21.1 Å². The number of halogens is 3. The van der Waals surface area contributed by atoms with Crippen molar-refractivity contribution in [3.05, 3.63) is 58.3 Å².